The molecule has 0 saturated carbocycles. The standard InChI is InChI=1S/C17H18N2O3S/c1-19-16-11-10-15(12-13(16)6-5-9-17(19)20)23(21,22)18-14-7-3-2-4-8-14/h2-4,7-8,10-12,18H,5-6,9H2,1H3. The molecule has 0 aliphatic carbocycles. The maximum Gasteiger partial charge on any atom is 0.261 e. The molecule has 3 rings (SSSR count). The van der Waals surface area contributed by atoms with Gasteiger partial charge in [-0.2, -0.15) is 0 Å². The van der Waals surface area contributed by atoms with Crippen LogP contribution in [-0.4, -0.2) is 21.4 Å². The molecule has 0 aromatic heterocycles. The first kappa shape index (κ1) is 15.6. The van der Waals surface area contributed by atoms with E-state index < -0.39 is 10.0 Å². The molecule has 0 fully saturated rings. The summed E-state index contributed by atoms with van der Waals surface area (Å²) in [5, 5.41) is 0. The van der Waals surface area contributed by atoms with Crippen molar-refractivity contribution in [3.8, 4) is 0 Å². The van der Waals surface area contributed by atoms with Gasteiger partial charge in [0.05, 0.1) is 4.90 Å². The van der Waals surface area contributed by atoms with E-state index in [9.17, 15) is 13.2 Å². The van der Waals surface area contributed by atoms with Crippen molar-refractivity contribution in [3.63, 3.8) is 0 Å². The van der Waals surface area contributed by atoms with Gasteiger partial charge in [0, 0.05) is 24.8 Å². The maximum atomic E-state index is 12.5. The number of aryl methyl sites for hydroxylation is 1. The van der Waals surface area contributed by atoms with Crippen molar-refractivity contribution >= 4 is 27.3 Å². The van der Waals surface area contributed by atoms with Crippen LogP contribution in [0.2, 0.25) is 0 Å². The van der Waals surface area contributed by atoms with Crippen LogP contribution in [-0.2, 0) is 21.2 Å². The molecule has 0 atom stereocenters. The first-order valence-electron chi connectivity index (χ1n) is 7.45. The highest BCUT2D eigenvalue weighted by Gasteiger charge is 2.22. The molecule has 5 nitrogen and oxygen atoms in total. The summed E-state index contributed by atoms with van der Waals surface area (Å²) in [6.07, 6.45) is 1.90. The average Bonchev–Trinajstić information content (AvgIpc) is 2.67. The lowest BCUT2D eigenvalue weighted by Gasteiger charge is -2.18. The number of nitrogens with zero attached hydrogens (tertiary/aromatic N) is 1. The third-order valence-electron chi connectivity index (χ3n) is 3.96. The van der Waals surface area contributed by atoms with Gasteiger partial charge in [0.1, 0.15) is 0 Å². The Labute approximate surface area is 136 Å². The van der Waals surface area contributed by atoms with Crippen LogP contribution in [0.5, 0.6) is 0 Å². The molecule has 23 heavy (non-hydrogen) atoms. The normalized spacial score (nSPS) is 15.0. The molecule has 0 saturated heterocycles. The summed E-state index contributed by atoms with van der Waals surface area (Å²) in [6.45, 7) is 0. The lowest BCUT2D eigenvalue weighted by Crippen LogP contribution is -2.25. The van der Waals surface area contributed by atoms with Gasteiger partial charge in [-0.1, -0.05) is 18.2 Å². The molecule has 1 aliphatic heterocycles. The predicted molar refractivity (Wildman–Crippen MR) is 90.0 cm³/mol. The van der Waals surface area contributed by atoms with Crippen molar-refractivity contribution < 1.29 is 13.2 Å². The van der Waals surface area contributed by atoms with Crippen LogP contribution >= 0.6 is 0 Å². The molecular weight excluding hydrogens is 312 g/mol. The highest BCUT2D eigenvalue weighted by Crippen LogP contribution is 2.29. The van der Waals surface area contributed by atoms with Gasteiger partial charge in [0.15, 0.2) is 0 Å². The second-order valence-corrected chi connectivity index (χ2v) is 7.25. The van der Waals surface area contributed by atoms with E-state index in [2.05, 4.69) is 4.72 Å². The Hall–Kier alpha value is -2.34. The molecule has 1 heterocycles. The summed E-state index contributed by atoms with van der Waals surface area (Å²) in [7, 11) is -1.92. The van der Waals surface area contributed by atoms with Crippen molar-refractivity contribution in [2.45, 2.75) is 24.2 Å². The highest BCUT2D eigenvalue weighted by atomic mass is 32.2. The Morgan fingerprint density at radius 3 is 2.52 bits per heavy atom. The van der Waals surface area contributed by atoms with Gasteiger partial charge < -0.3 is 4.90 Å². The largest absolute Gasteiger partial charge is 0.315 e. The maximum absolute atomic E-state index is 12.5. The van der Waals surface area contributed by atoms with Crippen LogP contribution in [0.1, 0.15) is 18.4 Å². The minimum Gasteiger partial charge on any atom is -0.315 e. The molecule has 1 amide bonds. The molecule has 0 bridgehead atoms. The molecule has 1 N–H and O–H groups in total. The van der Waals surface area contributed by atoms with Crippen LogP contribution in [0.3, 0.4) is 0 Å². The van der Waals surface area contributed by atoms with E-state index in [1.54, 1.807) is 54.4 Å². The first-order chi connectivity index (χ1) is 11.0. The Bertz CT molecular complexity index is 832. The van der Waals surface area contributed by atoms with Crippen molar-refractivity contribution in [3.05, 3.63) is 54.1 Å². The van der Waals surface area contributed by atoms with Crippen LogP contribution < -0.4 is 9.62 Å². The van der Waals surface area contributed by atoms with Crippen molar-refractivity contribution in [2.24, 2.45) is 0 Å². The quantitative estimate of drug-likeness (QED) is 0.941. The predicted octanol–water partition coefficient (Wildman–Crippen LogP) is 2.79. The fourth-order valence-electron chi connectivity index (χ4n) is 2.71. The SMILES string of the molecule is CN1C(=O)CCCc2cc(S(=O)(=O)Nc3ccccc3)ccc21. The third kappa shape index (κ3) is 3.22. The number of hydrogen-bond acceptors (Lipinski definition) is 3. The Morgan fingerprint density at radius 2 is 1.78 bits per heavy atom. The Balaban J connectivity index is 1.95. The Kier molecular flexibility index (Phi) is 4.09. The number of amides is 1. The monoisotopic (exact) mass is 330 g/mol. The number of sulfonamides is 1. The minimum absolute atomic E-state index is 0.0572. The number of carbonyl (C=O) groups is 1. The summed E-state index contributed by atoms with van der Waals surface area (Å²) in [5.41, 5.74) is 2.19. The molecule has 120 valence electrons. The number of hydrogen-bond donors (Lipinski definition) is 1. The second kappa shape index (κ2) is 6.04. The summed E-state index contributed by atoms with van der Waals surface area (Å²) in [6, 6.07) is 13.7. The summed E-state index contributed by atoms with van der Waals surface area (Å²) < 4.78 is 27.6. The molecule has 1 aliphatic rings. The average molecular weight is 330 g/mol. The number of carbonyl (C=O) groups excluding carboxylic acids is 1. The molecule has 0 spiro atoms. The zero-order chi connectivity index (χ0) is 16.4. The smallest absolute Gasteiger partial charge is 0.261 e. The van der Waals surface area contributed by atoms with E-state index in [4.69, 9.17) is 0 Å². The van der Waals surface area contributed by atoms with Crippen LogP contribution in [0.15, 0.2) is 53.4 Å². The van der Waals surface area contributed by atoms with E-state index in [1.807, 2.05) is 6.07 Å². The van der Waals surface area contributed by atoms with Crippen molar-refractivity contribution in [1.82, 2.24) is 0 Å². The third-order valence-corrected chi connectivity index (χ3v) is 5.34. The molecule has 2 aromatic carbocycles. The van der Waals surface area contributed by atoms with Crippen molar-refractivity contribution in [1.29, 1.82) is 0 Å². The topological polar surface area (TPSA) is 66.5 Å². The second-order valence-electron chi connectivity index (χ2n) is 5.57. The molecular formula is C17H18N2O3S. The highest BCUT2D eigenvalue weighted by molar-refractivity contribution is 7.92. The fourth-order valence-corrected chi connectivity index (χ4v) is 3.82. The molecule has 0 radical (unpaired) electrons. The van der Waals surface area contributed by atoms with Gasteiger partial charge in [-0.25, -0.2) is 8.42 Å². The van der Waals surface area contributed by atoms with E-state index >= 15 is 0 Å². The van der Waals surface area contributed by atoms with E-state index in [0.29, 0.717) is 18.5 Å². The number of nitrogens with one attached hydrogen (secondary N) is 1. The van der Waals surface area contributed by atoms with E-state index in [-0.39, 0.29) is 10.8 Å². The van der Waals surface area contributed by atoms with Gasteiger partial charge in [0.25, 0.3) is 10.0 Å². The number of rotatable bonds is 3. The Morgan fingerprint density at radius 1 is 1.04 bits per heavy atom. The van der Waals surface area contributed by atoms with Crippen LogP contribution in [0, 0.1) is 0 Å². The van der Waals surface area contributed by atoms with E-state index in [1.165, 1.54) is 0 Å². The zero-order valence-electron chi connectivity index (χ0n) is 12.8. The zero-order valence-corrected chi connectivity index (χ0v) is 13.6. The van der Waals surface area contributed by atoms with E-state index in [0.717, 1.165) is 17.7 Å². The molecule has 0 unspecified atom stereocenters. The van der Waals surface area contributed by atoms with Gasteiger partial charge in [-0.15, -0.1) is 0 Å². The number of para-hydroxylation sites is 1. The summed E-state index contributed by atoms with van der Waals surface area (Å²) >= 11 is 0. The minimum atomic E-state index is -3.64. The molecule has 6 heteroatoms. The van der Waals surface area contributed by atoms with Gasteiger partial charge in [-0.3, -0.25) is 9.52 Å². The van der Waals surface area contributed by atoms with Crippen molar-refractivity contribution in [2.75, 3.05) is 16.7 Å². The first-order valence-corrected chi connectivity index (χ1v) is 8.93. The summed E-state index contributed by atoms with van der Waals surface area (Å²) in [4.78, 5) is 13.7. The van der Waals surface area contributed by atoms with Gasteiger partial charge in [-0.05, 0) is 48.7 Å². The number of fused-ring (bicyclic) bond motifs is 1. The lowest BCUT2D eigenvalue weighted by atomic mass is 10.1. The van der Waals surface area contributed by atoms with Crippen LogP contribution in [0.4, 0.5) is 11.4 Å². The van der Waals surface area contributed by atoms with Crippen LogP contribution in [0.25, 0.3) is 0 Å². The van der Waals surface area contributed by atoms with Gasteiger partial charge >= 0.3 is 0 Å². The number of benzene rings is 2. The van der Waals surface area contributed by atoms with Gasteiger partial charge in [0.2, 0.25) is 5.91 Å². The fraction of sp³-hybridized carbons (Fsp3) is 0.235. The summed E-state index contributed by atoms with van der Waals surface area (Å²) in [5.74, 6) is 0.0572. The number of anilines is 2. The lowest BCUT2D eigenvalue weighted by molar-refractivity contribution is -0.118. The molecule has 2 aromatic rings.